The van der Waals surface area contributed by atoms with Gasteiger partial charge in [-0.3, -0.25) is 0 Å². The largest absolute Gasteiger partial charge is 0.509 e. The van der Waals surface area contributed by atoms with Crippen LogP contribution in [-0.4, -0.2) is 77.0 Å². The van der Waals surface area contributed by atoms with Crippen molar-refractivity contribution in [1.82, 2.24) is 10.6 Å². The molecule has 0 fully saturated rings. The summed E-state index contributed by atoms with van der Waals surface area (Å²) in [6.45, 7) is 17.9. The summed E-state index contributed by atoms with van der Waals surface area (Å²) >= 11 is 1.85. The molecule has 0 aliphatic carbocycles. The number of alkyl carbamates (subject to hydrolysis) is 2. The molecular formula is C28H49IN2O11. The Labute approximate surface area is 262 Å². The molecule has 0 saturated heterocycles. The second-order valence-corrected chi connectivity index (χ2v) is 13.7. The van der Waals surface area contributed by atoms with Crippen LogP contribution in [0.1, 0.15) is 89.0 Å². The van der Waals surface area contributed by atoms with E-state index in [4.69, 9.17) is 28.4 Å². The van der Waals surface area contributed by atoms with E-state index in [1.165, 1.54) is 0 Å². The molecule has 244 valence electrons. The molecule has 14 heteroatoms. The molecule has 42 heavy (non-hydrogen) atoms. The zero-order chi connectivity index (χ0) is 32.8. The molecule has 2 amide bonds. The Morgan fingerprint density at radius 1 is 0.667 bits per heavy atom. The predicted octanol–water partition coefficient (Wildman–Crippen LogP) is 5.25. The molecule has 0 saturated carbocycles. The van der Waals surface area contributed by atoms with Crippen molar-refractivity contribution < 1.29 is 52.4 Å². The number of hydrogen-bond donors (Lipinski definition) is 2. The van der Waals surface area contributed by atoms with Gasteiger partial charge in [0, 0.05) is 0 Å². The van der Waals surface area contributed by atoms with Crippen LogP contribution in [0.25, 0.3) is 0 Å². The molecule has 0 spiro atoms. The van der Waals surface area contributed by atoms with Gasteiger partial charge < -0.3 is 39.1 Å². The Morgan fingerprint density at radius 3 is 1.31 bits per heavy atom. The number of esters is 2. The molecule has 5 atom stereocenters. The lowest BCUT2D eigenvalue weighted by Crippen LogP contribution is -2.49. The van der Waals surface area contributed by atoms with Crippen LogP contribution in [0.4, 0.5) is 14.4 Å². The lowest BCUT2D eigenvalue weighted by molar-refractivity contribution is -0.157. The first-order valence-electron chi connectivity index (χ1n) is 14.0. The summed E-state index contributed by atoms with van der Waals surface area (Å²) in [7, 11) is 0. The topological polar surface area (TPSA) is 165 Å². The highest BCUT2D eigenvalue weighted by atomic mass is 127. The van der Waals surface area contributed by atoms with Crippen molar-refractivity contribution in [1.29, 1.82) is 0 Å². The number of amides is 2. The van der Waals surface area contributed by atoms with E-state index in [2.05, 4.69) is 10.6 Å². The number of carbonyl (C=O) groups is 5. The molecule has 2 N–H and O–H groups in total. The third-order valence-corrected chi connectivity index (χ3v) is 5.88. The summed E-state index contributed by atoms with van der Waals surface area (Å²) in [5.74, 6) is -2.23. The van der Waals surface area contributed by atoms with E-state index < -0.39 is 77.0 Å². The molecule has 0 heterocycles. The minimum absolute atomic E-state index is 0.317. The van der Waals surface area contributed by atoms with Crippen molar-refractivity contribution in [3.8, 4) is 0 Å². The van der Waals surface area contributed by atoms with Crippen molar-refractivity contribution in [2.75, 3.05) is 13.2 Å². The number of hydrogen-bond acceptors (Lipinski definition) is 11. The average Bonchev–Trinajstić information content (AvgIpc) is 2.83. The van der Waals surface area contributed by atoms with E-state index in [9.17, 15) is 24.0 Å². The highest BCUT2D eigenvalue weighted by Crippen LogP contribution is 2.15. The van der Waals surface area contributed by atoms with Gasteiger partial charge in [-0.15, -0.1) is 0 Å². The van der Waals surface area contributed by atoms with E-state index in [1.54, 1.807) is 62.3 Å². The molecule has 1 unspecified atom stereocenters. The maximum Gasteiger partial charge on any atom is 0.509 e. The molecular weight excluding hydrogens is 667 g/mol. The summed E-state index contributed by atoms with van der Waals surface area (Å²) in [5.41, 5.74) is -1.56. The van der Waals surface area contributed by atoms with Crippen molar-refractivity contribution in [2.24, 2.45) is 11.8 Å². The van der Waals surface area contributed by atoms with Gasteiger partial charge >= 0.3 is 30.3 Å². The van der Waals surface area contributed by atoms with Gasteiger partial charge in [-0.2, -0.15) is 0 Å². The highest BCUT2D eigenvalue weighted by Gasteiger charge is 2.33. The van der Waals surface area contributed by atoms with Crippen LogP contribution in [0.3, 0.4) is 0 Å². The van der Waals surface area contributed by atoms with Gasteiger partial charge in [-0.05, 0) is 82.9 Å². The third-order valence-electron chi connectivity index (χ3n) is 5.62. The number of alkyl halides is 1. The smallest absolute Gasteiger partial charge is 0.460 e. The van der Waals surface area contributed by atoms with Crippen LogP contribution in [0.15, 0.2) is 0 Å². The summed E-state index contributed by atoms with van der Waals surface area (Å²) < 4.78 is 31.0. The van der Waals surface area contributed by atoms with Crippen molar-refractivity contribution >= 4 is 52.9 Å². The Hall–Kier alpha value is -2.52. The Bertz CT molecular complexity index is 839. The molecule has 0 aromatic carbocycles. The number of rotatable bonds is 14. The standard InChI is InChI=1S/C28H49IN2O11/c1-12-16(3)20(30-24(34)41-27(6,7)8)22(32)37-14-19(40-26(36)39-18(5)29)15-38-23(33)21(17(4)13-2)31-25(35)42-28(9,10)11/h16-21H,12-15H2,1-11H3,(H,30,34)(H,31,35)/t16-,17-,18?,20-,21-/m0/s1. The molecule has 0 aliphatic rings. The summed E-state index contributed by atoms with van der Waals surface area (Å²) in [5, 5.41) is 5.05. The Balaban J connectivity index is 5.63. The number of halogens is 1. The maximum atomic E-state index is 13.0. The molecule has 0 aromatic rings. The fourth-order valence-electron chi connectivity index (χ4n) is 3.15. The predicted molar refractivity (Wildman–Crippen MR) is 162 cm³/mol. The van der Waals surface area contributed by atoms with Gasteiger partial charge in [-0.25, -0.2) is 24.0 Å². The molecule has 0 radical (unpaired) electrons. The fourth-order valence-corrected chi connectivity index (χ4v) is 3.36. The van der Waals surface area contributed by atoms with Gasteiger partial charge in [0.2, 0.25) is 0 Å². The minimum atomic E-state index is -1.25. The van der Waals surface area contributed by atoms with Crippen LogP contribution in [-0.2, 0) is 38.0 Å². The maximum absolute atomic E-state index is 13.0. The molecule has 0 aliphatic heterocycles. The Morgan fingerprint density at radius 2 is 1.02 bits per heavy atom. The van der Waals surface area contributed by atoms with E-state index in [-0.39, 0.29) is 11.8 Å². The van der Waals surface area contributed by atoms with Gasteiger partial charge in [0.15, 0.2) is 10.2 Å². The first kappa shape index (κ1) is 39.5. The fraction of sp³-hybridized carbons (Fsp3) is 0.821. The zero-order valence-corrected chi connectivity index (χ0v) is 28.8. The van der Waals surface area contributed by atoms with Crippen molar-refractivity contribution in [2.45, 2.75) is 123 Å². The van der Waals surface area contributed by atoms with E-state index in [0.717, 1.165) is 0 Å². The van der Waals surface area contributed by atoms with Crippen LogP contribution < -0.4 is 10.6 Å². The Kier molecular flexibility index (Phi) is 17.1. The van der Waals surface area contributed by atoms with Crippen LogP contribution in [0, 0.1) is 11.8 Å². The highest BCUT2D eigenvalue weighted by molar-refractivity contribution is 14.1. The van der Waals surface area contributed by atoms with Crippen LogP contribution in [0.5, 0.6) is 0 Å². The van der Waals surface area contributed by atoms with Gasteiger partial charge in [0.25, 0.3) is 0 Å². The second kappa shape index (κ2) is 18.2. The first-order chi connectivity index (χ1) is 19.2. The zero-order valence-electron chi connectivity index (χ0n) is 26.7. The number of ether oxygens (including phenoxy) is 6. The molecule has 0 bridgehead atoms. The monoisotopic (exact) mass is 716 g/mol. The quantitative estimate of drug-likeness (QED) is 0.104. The van der Waals surface area contributed by atoms with E-state index >= 15 is 0 Å². The van der Waals surface area contributed by atoms with Gasteiger partial charge in [-0.1, -0.05) is 40.5 Å². The first-order valence-corrected chi connectivity index (χ1v) is 15.3. The van der Waals surface area contributed by atoms with E-state index in [1.807, 2.05) is 36.4 Å². The number of nitrogens with one attached hydrogen (secondary N) is 2. The van der Waals surface area contributed by atoms with Gasteiger partial charge in [0.05, 0.1) is 0 Å². The normalized spacial score (nSPS) is 15.3. The van der Waals surface area contributed by atoms with Crippen LogP contribution in [0.2, 0.25) is 0 Å². The molecule has 13 nitrogen and oxygen atoms in total. The van der Waals surface area contributed by atoms with Crippen molar-refractivity contribution in [3.05, 3.63) is 0 Å². The minimum Gasteiger partial charge on any atom is -0.460 e. The summed E-state index contributed by atoms with van der Waals surface area (Å²) in [6, 6.07) is -2.11. The summed E-state index contributed by atoms with van der Waals surface area (Å²) in [6.07, 6.45) is -2.83. The van der Waals surface area contributed by atoms with Gasteiger partial charge in [0.1, 0.15) is 36.5 Å². The van der Waals surface area contributed by atoms with E-state index in [0.29, 0.717) is 12.8 Å². The molecule has 0 rings (SSSR count). The second-order valence-electron chi connectivity index (χ2n) is 11.9. The lowest BCUT2D eigenvalue weighted by Gasteiger charge is -2.27. The third kappa shape index (κ3) is 17.4. The average molecular weight is 717 g/mol. The molecule has 0 aromatic heterocycles. The lowest BCUT2D eigenvalue weighted by atomic mass is 9.99. The van der Waals surface area contributed by atoms with Crippen LogP contribution >= 0.6 is 22.6 Å². The summed E-state index contributed by atoms with van der Waals surface area (Å²) in [4.78, 5) is 62.8. The van der Waals surface area contributed by atoms with Crippen molar-refractivity contribution in [3.63, 3.8) is 0 Å². The SMILES string of the molecule is CC[C@H](C)[C@H](NC(=O)OC(C)(C)C)C(=O)OCC(COC(=O)[C@@H](NC(=O)OC(C)(C)C)[C@@H](C)CC)OC(=O)OC(C)I. The number of carbonyl (C=O) groups excluding carboxylic acids is 5.